The maximum absolute atomic E-state index is 13.1. The Morgan fingerprint density at radius 2 is 1.56 bits per heavy atom. The summed E-state index contributed by atoms with van der Waals surface area (Å²) in [6.45, 7) is 7.14. The molecule has 180 valence electrons. The smallest absolute Gasteiger partial charge is 0.289 e. The van der Waals surface area contributed by atoms with E-state index in [4.69, 9.17) is 18.6 Å². The van der Waals surface area contributed by atoms with Gasteiger partial charge in [0.15, 0.2) is 5.76 Å². The molecule has 34 heavy (non-hydrogen) atoms. The minimum Gasteiger partial charge on any atom is -0.496 e. The molecule has 1 aliphatic rings. The molecule has 1 aliphatic heterocycles. The zero-order valence-corrected chi connectivity index (χ0v) is 20.5. The fourth-order valence-electron chi connectivity index (χ4n) is 4.38. The van der Waals surface area contributed by atoms with Gasteiger partial charge in [0.05, 0.1) is 21.3 Å². The molecule has 0 atom stereocenters. The molecule has 0 bridgehead atoms. The molecule has 2 aromatic carbocycles. The number of aryl methyl sites for hydroxylation is 2. The van der Waals surface area contributed by atoms with E-state index in [9.17, 15) is 4.79 Å². The number of nitrogens with zero attached hydrogens (tertiary/aromatic N) is 2. The normalized spacial score (nSPS) is 13.7. The number of anilines is 1. The number of piperazine rings is 1. The summed E-state index contributed by atoms with van der Waals surface area (Å²) < 4.78 is 22.3. The quantitative estimate of drug-likeness (QED) is 0.514. The summed E-state index contributed by atoms with van der Waals surface area (Å²) in [5.74, 6) is 2.86. The monoisotopic (exact) mass is 464 g/mol. The first kappa shape index (κ1) is 23.5. The predicted octanol–water partition coefficient (Wildman–Crippen LogP) is 4.48. The minimum absolute atomic E-state index is 0.0828. The molecule has 7 heteroatoms. The van der Waals surface area contributed by atoms with Gasteiger partial charge in [-0.3, -0.25) is 4.79 Å². The topological polar surface area (TPSA) is 64.4 Å². The maximum Gasteiger partial charge on any atom is 0.289 e. The van der Waals surface area contributed by atoms with Crippen molar-refractivity contribution in [1.82, 2.24) is 4.90 Å². The number of rotatable bonds is 7. The van der Waals surface area contributed by atoms with Crippen LogP contribution in [0.3, 0.4) is 0 Å². The predicted molar refractivity (Wildman–Crippen MR) is 132 cm³/mol. The first-order valence-corrected chi connectivity index (χ1v) is 11.4. The lowest BCUT2D eigenvalue weighted by Gasteiger charge is -2.36. The van der Waals surface area contributed by atoms with Crippen LogP contribution in [0.15, 0.2) is 46.9 Å². The third-order valence-corrected chi connectivity index (χ3v) is 6.31. The SMILES string of the molecule is COc1cc(OC)c(Cc2ccc(C(=O)N3CCN(c4cc(C)ccc4C)CC3)o2)c(OC)c1. The third-order valence-electron chi connectivity index (χ3n) is 6.31. The molecule has 7 nitrogen and oxygen atoms in total. The van der Waals surface area contributed by atoms with Crippen molar-refractivity contribution in [2.24, 2.45) is 0 Å². The Bertz CT molecular complexity index is 1140. The van der Waals surface area contributed by atoms with Crippen LogP contribution in [0.5, 0.6) is 17.2 Å². The fourth-order valence-corrected chi connectivity index (χ4v) is 4.38. The number of hydrogen-bond acceptors (Lipinski definition) is 6. The van der Waals surface area contributed by atoms with Crippen LogP contribution in [0, 0.1) is 13.8 Å². The summed E-state index contributed by atoms with van der Waals surface area (Å²) in [6.07, 6.45) is 0.435. The Kier molecular flexibility index (Phi) is 7.01. The van der Waals surface area contributed by atoms with E-state index < -0.39 is 0 Å². The average Bonchev–Trinajstić information content (AvgIpc) is 3.33. The molecule has 1 aromatic heterocycles. The van der Waals surface area contributed by atoms with Crippen molar-refractivity contribution >= 4 is 11.6 Å². The van der Waals surface area contributed by atoms with Gasteiger partial charge in [-0.1, -0.05) is 12.1 Å². The first-order chi connectivity index (χ1) is 16.4. The average molecular weight is 465 g/mol. The van der Waals surface area contributed by atoms with Crippen molar-refractivity contribution in [3.8, 4) is 17.2 Å². The molecule has 2 heterocycles. The zero-order valence-electron chi connectivity index (χ0n) is 20.5. The first-order valence-electron chi connectivity index (χ1n) is 11.4. The van der Waals surface area contributed by atoms with Crippen LogP contribution in [0.4, 0.5) is 5.69 Å². The molecular formula is C27H32N2O5. The van der Waals surface area contributed by atoms with E-state index in [1.165, 1.54) is 16.8 Å². The lowest BCUT2D eigenvalue weighted by Crippen LogP contribution is -2.49. The van der Waals surface area contributed by atoms with Gasteiger partial charge < -0.3 is 28.4 Å². The van der Waals surface area contributed by atoms with Gasteiger partial charge >= 0.3 is 0 Å². The summed E-state index contributed by atoms with van der Waals surface area (Å²) in [5, 5.41) is 0. The van der Waals surface area contributed by atoms with E-state index in [1.54, 1.807) is 27.4 Å². The Labute approximate surface area is 200 Å². The lowest BCUT2D eigenvalue weighted by atomic mass is 10.1. The molecule has 0 N–H and O–H groups in total. The number of carbonyl (C=O) groups excluding carboxylic acids is 1. The van der Waals surface area contributed by atoms with Gasteiger partial charge in [0.1, 0.15) is 23.0 Å². The van der Waals surface area contributed by atoms with E-state index >= 15 is 0 Å². The van der Waals surface area contributed by atoms with Crippen molar-refractivity contribution in [3.05, 3.63) is 70.7 Å². The summed E-state index contributed by atoms with van der Waals surface area (Å²) in [6, 6.07) is 13.7. The second-order valence-corrected chi connectivity index (χ2v) is 8.52. The van der Waals surface area contributed by atoms with Gasteiger partial charge in [-0.2, -0.15) is 0 Å². The molecular weight excluding hydrogens is 432 g/mol. The van der Waals surface area contributed by atoms with E-state index in [2.05, 4.69) is 36.9 Å². The number of methoxy groups -OCH3 is 3. The van der Waals surface area contributed by atoms with Crippen molar-refractivity contribution in [3.63, 3.8) is 0 Å². The Balaban J connectivity index is 1.44. The Morgan fingerprint density at radius 3 is 2.18 bits per heavy atom. The lowest BCUT2D eigenvalue weighted by molar-refractivity contribution is 0.0713. The summed E-state index contributed by atoms with van der Waals surface area (Å²) in [7, 11) is 4.81. The van der Waals surface area contributed by atoms with Gasteiger partial charge in [-0.15, -0.1) is 0 Å². The molecule has 4 rings (SSSR count). The second kappa shape index (κ2) is 10.1. The van der Waals surface area contributed by atoms with Crippen molar-refractivity contribution in [2.45, 2.75) is 20.3 Å². The molecule has 0 unspecified atom stereocenters. The molecule has 0 radical (unpaired) electrons. The molecule has 1 fully saturated rings. The van der Waals surface area contributed by atoms with Crippen molar-refractivity contribution in [2.75, 3.05) is 52.4 Å². The molecule has 0 saturated carbocycles. The van der Waals surface area contributed by atoms with Crippen LogP contribution in [-0.2, 0) is 6.42 Å². The second-order valence-electron chi connectivity index (χ2n) is 8.52. The molecule has 3 aromatic rings. The number of carbonyl (C=O) groups is 1. The van der Waals surface area contributed by atoms with Crippen LogP contribution in [-0.4, -0.2) is 58.3 Å². The van der Waals surface area contributed by atoms with Crippen molar-refractivity contribution in [1.29, 1.82) is 0 Å². The zero-order chi connectivity index (χ0) is 24.2. The number of furan rings is 1. The Morgan fingerprint density at radius 1 is 0.882 bits per heavy atom. The number of amides is 1. The summed E-state index contributed by atoms with van der Waals surface area (Å²) >= 11 is 0. The molecule has 0 aliphatic carbocycles. The van der Waals surface area contributed by atoms with Crippen molar-refractivity contribution < 1.29 is 23.4 Å². The van der Waals surface area contributed by atoms with Crippen LogP contribution in [0.1, 0.15) is 33.0 Å². The molecule has 0 spiro atoms. The highest BCUT2D eigenvalue weighted by atomic mass is 16.5. The largest absolute Gasteiger partial charge is 0.496 e. The minimum atomic E-state index is -0.0828. The van der Waals surface area contributed by atoms with Gasteiger partial charge in [0, 0.05) is 56.0 Å². The van der Waals surface area contributed by atoms with Gasteiger partial charge in [0.25, 0.3) is 5.91 Å². The number of benzene rings is 2. The third kappa shape index (κ3) is 4.83. The van der Waals surface area contributed by atoms with E-state index in [-0.39, 0.29) is 5.91 Å². The highest BCUT2D eigenvalue weighted by molar-refractivity contribution is 5.91. The summed E-state index contributed by atoms with van der Waals surface area (Å²) in [4.78, 5) is 17.3. The number of hydrogen-bond donors (Lipinski definition) is 0. The Hall–Kier alpha value is -3.61. The van der Waals surface area contributed by atoms with Crippen LogP contribution in [0.25, 0.3) is 0 Å². The van der Waals surface area contributed by atoms with Crippen LogP contribution in [0.2, 0.25) is 0 Å². The van der Waals surface area contributed by atoms with E-state index in [1.807, 2.05) is 23.1 Å². The van der Waals surface area contributed by atoms with E-state index in [0.717, 1.165) is 18.7 Å². The summed E-state index contributed by atoms with van der Waals surface area (Å²) in [5.41, 5.74) is 4.58. The van der Waals surface area contributed by atoms with Crippen LogP contribution >= 0.6 is 0 Å². The van der Waals surface area contributed by atoms with Gasteiger partial charge in [-0.25, -0.2) is 0 Å². The molecule has 1 amide bonds. The molecule has 1 saturated heterocycles. The highest BCUT2D eigenvalue weighted by Crippen LogP contribution is 2.36. The number of ether oxygens (including phenoxy) is 3. The highest BCUT2D eigenvalue weighted by Gasteiger charge is 2.25. The standard InChI is InChI=1S/C27H32N2O5/c1-18-6-7-19(2)23(14-18)28-10-12-29(13-11-28)27(30)24-9-8-20(34-24)15-22-25(32-4)16-21(31-3)17-26(22)33-5/h6-9,14,16-17H,10-13,15H2,1-5H3. The maximum atomic E-state index is 13.1. The van der Waals surface area contributed by atoms with E-state index in [0.29, 0.717) is 48.3 Å². The fraction of sp³-hybridized carbons (Fsp3) is 0.370. The van der Waals surface area contributed by atoms with Gasteiger partial charge in [-0.05, 0) is 43.2 Å². The van der Waals surface area contributed by atoms with Gasteiger partial charge in [0.2, 0.25) is 0 Å². The van der Waals surface area contributed by atoms with Crippen LogP contribution < -0.4 is 19.1 Å².